The Morgan fingerprint density at radius 3 is 1.77 bits per heavy atom. The Morgan fingerprint density at radius 2 is 1.32 bits per heavy atom. The molecule has 0 aliphatic heterocycles. The van der Waals surface area contributed by atoms with Crippen LogP contribution in [-0.4, -0.2) is 4.98 Å². The van der Waals surface area contributed by atoms with Crippen LogP contribution in [0.4, 0.5) is 13.2 Å². The van der Waals surface area contributed by atoms with E-state index in [2.05, 4.69) is 0 Å². The lowest BCUT2D eigenvalue weighted by Gasteiger charge is -2.16. The Hall–Kier alpha value is -0.590. The van der Waals surface area contributed by atoms with Crippen LogP contribution in [0.5, 0.6) is 0 Å². The summed E-state index contributed by atoms with van der Waals surface area (Å²) in [5, 5.41) is -1.39. The van der Waals surface area contributed by atoms with Gasteiger partial charge in [-0.05, 0) is 6.07 Å². The first-order valence-electron chi connectivity index (χ1n) is 5.38. The molecule has 1 N–H and O–H groups in total. The van der Waals surface area contributed by atoms with E-state index in [-0.39, 0.29) is 30.7 Å². The van der Waals surface area contributed by atoms with Gasteiger partial charge in [-0.2, -0.15) is 13.2 Å². The number of hydrogen-bond donors (Lipinski definition) is 1. The number of H-pyrrole nitrogens is 1. The van der Waals surface area contributed by atoms with Gasteiger partial charge in [-0.3, -0.25) is 4.79 Å². The van der Waals surface area contributed by atoms with E-state index in [1.807, 2.05) is 4.98 Å². The first-order valence-corrected chi connectivity index (χ1v) is 7.27. The van der Waals surface area contributed by atoms with Crippen molar-refractivity contribution in [3.8, 4) is 11.1 Å². The maximum absolute atomic E-state index is 13.1. The molecule has 0 unspecified atom stereocenters. The van der Waals surface area contributed by atoms with Crippen LogP contribution < -0.4 is 5.56 Å². The molecule has 118 valence electrons. The molecule has 10 heteroatoms. The van der Waals surface area contributed by atoms with E-state index in [1.165, 1.54) is 0 Å². The molecular formula is C12H3Cl5F3NO. The highest BCUT2D eigenvalue weighted by Gasteiger charge is 2.38. The predicted molar refractivity (Wildman–Crippen MR) is 82.6 cm³/mol. The highest BCUT2D eigenvalue weighted by Crippen LogP contribution is 2.49. The van der Waals surface area contributed by atoms with Gasteiger partial charge in [0.05, 0.1) is 25.1 Å². The van der Waals surface area contributed by atoms with Crippen LogP contribution in [0, 0.1) is 0 Å². The fraction of sp³-hybridized carbons (Fsp3) is 0.0833. The average Bonchev–Trinajstić information content (AvgIpc) is 2.42. The first kappa shape index (κ1) is 17.8. The molecule has 2 aromatic rings. The molecule has 22 heavy (non-hydrogen) atoms. The number of nitrogens with one attached hydrogen (secondary N) is 1. The van der Waals surface area contributed by atoms with E-state index in [0.29, 0.717) is 0 Å². The zero-order chi connectivity index (χ0) is 16.8. The zero-order valence-corrected chi connectivity index (χ0v) is 13.9. The van der Waals surface area contributed by atoms with E-state index >= 15 is 0 Å². The fourth-order valence-corrected chi connectivity index (χ4v) is 3.15. The van der Waals surface area contributed by atoms with E-state index in [0.717, 1.165) is 12.3 Å². The zero-order valence-electron chi connectivity index (χ0n) is 10.1. The highest BCUT2D eigenvalue weighted by molar-refractivity contribution is 6.56. The standard InChI is InChI=1S/C12H3Cl5F3NO/c13-6-4(7(14)9(16)10(17)8(6)15)3-1-2-21-11(22)5(3)12(18,19)20/h1-2H,(H,21,22). The van der Waals surface area contributed by atoms with Gasteiger partial charge in [0.25, 0.3) is 5.56 Å². The molecule has 0 atom stereocenters. The minimum absolute atomic E-state index is 0.194. The lowest BCUT2D eigenvalue weighted by molar-refractivity contribution is -0.138. The van der Waals surface area contributed by atoms with E-state index in [9.17, 15) is 18.0 Å². The summed E-state index contributed by atoms with van der Waals surface area (Å²) in [5.41, 5.74) is -3.68. The summed E-state index contributed by atoms with van der Waals surface area (Å²) in [6.45, 7) is 0. The van der Waals surface area contributed by atoms with Crippen molar-refractivity contribution in [2.24, 2.45) is 0 Å². The molecule has 0 spiro atoms. The molecule has 0 fully saturated rings. The second-order valence-corrected chi connectivity index (χ2v) is 5.93. The average molecular weight is 411 g/mol. The van der Waals surface area contributed by atoms with Crippen molar-refractivity contribution in [3.63, 3.8) is 0 Å². The molecule has 0 aliphatic rings. The molecule has 1 heterocycles. The summed E-state index contributed by atoms with van der Waals surface area (Å²) in [5.74, 6) is 0. The molecule has 0 radical (unpaired) electrons. The molecule has 2 rings (SSSR count). The molecular weight excluding hydrogens is 408 g/mol. The summed E-state index contributed by atoms with van der Waals surface area (Å²) < 4.78 is 39.4. The Bertz CT molecular complexity index is 787. The summed E-state index contributed by atoms with van der Waals surface area (Å²) >= 11 is 29.4. The van der Waals surface area contributed by atoms with Crippen molar-refractivity contribution in [3.05, 3.63) is 53.3 Å². The van der Waals surface area contributed by atoms with E-state index in [1.54, 1.807) is 0 Å². The maximum Gasteiger partial charge on any atom is 0.422 e. The van der Waals surface area contributed by atoms with Crippen LogP contribution in [0.25, 0.3) is 11.1 Å². The molecule has 0 bridgehead atoms. The van der Waals surface area contributed by atoms with Gasteiger partial charge in [0.2, 0.25) is 0 Å². The Balaban J connectivity index is 2.97. The number of hydrogen-bond acceptors (Lipinski definition) is 1. The lowest BCUT2D eigenvalue weighted by Crippen LogP contribution is -2.22. The number of benzene rings is 1. The summed E-state index contributed by atoms with van der Waals surface area (Å²) in [6.07, 6.45) is -3.91. The van der Waals surface area contributed by atoms with Crippen molar-refractivity contribution in [1.29, 1.82) is 0 Å². The predicted octanol–water partition coefficient (Wildman–Crippen LogP) is 6.33. The number of aromatic amines is 1. The Labute approximate surface area is 146 Å². The van der Waals surface area contributed by atoms with Crippen LogP contribution >= 0.6 is 58.0 Å². The molecule has 0 aliphatic carbocycles. The van der Waals surface area contributed by atoms with Gasteiger partial charge in [0, 0.05) is 17.3 Å². The maximum atomic E-state index is 13.1. The fourth-order valence-electron chi connectivity index (χ4n) is 1.81. The van der Waals surface area contributed by atoms with Gasteiger partial charge in [0.15, 0.2) is 0 Å². The van der Waals surface area contributed by atoms with Crippen LogP contribution in [0.15, 0.2) is 17.1 Å². The Morgan fingerprint density at radius 1 is 0.864 bits per heavy atom. The van der Waals surface area contributed by atoms with Crippen molar-refractivity contribution in [2.45, 2.75) is 6.18 Å². The van der Waals surface area contributed by atoms with Gasteiger partial charge in [0.1, 0.15) is 5.56 Å². The van der Waals surface area contributed by atoms with Crippen molar-refractivity contribution < 1.29 is 13.2 Å². The van der Waals surface area contributed by atoms with Gasteiger partial charge < -0.3 is 4.98 Å². The number of rotatable bonds is 1. The van der Waals surface area contributed by atoms with Gasteiger partial charge in [-0.25, -0.2) is 0 Å². The topological polar surface area (TPSA) is 32.9 Å². The second-order valence-electron chi connectivity index (χ2n) is 4.04. The number of pyridine rings is 1. The Kier molecular flexibility index (Phi) is 4.95. The number of alkyl halides is 3. The monoisotopic (exact) mass is 409 g/mol. The smallest absolute Gasteiger partial charge is 0.329 e. The van der Waals surface area contributed by atoms with Gasteiger partial charge in [-0.1, -0.05) is 58.0 Å². The van der Waals surface area contributed by atoms with Crippen molar-refractivity contribution in [2.75, 3.05) is 0 Å². The molecule has 1 aromatic heterocycles. The number of halogens is 8. The summed E-state index contributed by atoms with van der Waals surface area (Å²) in [7, 11) is 0. The molecule has 0 saturated carbocycles. The minimum atomic E-state index is -4.94. The third-order valence-corrected chi connectivity index (χ3v) is 5.00. The molecule has 0 saturated heterocycles. The lowest BCUT2D eigenvalue weighted by atomic mass is 10.0. The number of aromatic nitrogens is 1. The van der Waals surface area contributed by atoms with E-state index in [4.69, 9.17) is 58.0 Å². The largest absolute Gasteiger partial charge is 0.422 e. The molecule has 2 nitrogen and oxygen atoms in total. The van der Waals surface area contributed by atoms with Crippen LogP contribution in [0.1, 0.15) is 5.56 Å². The SMILES string of the molecule is O=c1[nH]ccc(-c2c(Cl)c(Cl)c(Cl)c(Cl)c2Cl)c1C(F)(F)F. The molecule has 0 amide bonds. The van der Waals surface area contributed by atoms with Crippen molar-refractivity contribution >= 4 is 58.0 Å². The summed E-state index contributed by atoms with van der Waals surface area (Å²) in [4.78, 5) is 13.5. The normalized spacial score (nSPS) is 11.8. The third-order valence-electron chi connectivity index (χ3n) is 2.72. The van der Waals surface area contributed by atoms with E-state index < -0.39 is 22.9 Å². The highest BCUT2D eigenvalue weighted by atomic mass is 35.5. The quantitative estimate of drug-likeness (QED) is 0.432. The van der Waals surface area contributed by atoms with Gasteiger partial charge in [-0.15, -0.1) is 0 Å². The van der Waals surface area contributed by atoms with Gasteiger partial charge >= 0.3 is 6.18 Å². The van der Waals surface area contributed by atoms with Crippen molar-refractivity contribution in [1.82, 2.24) is 4.98 Å². The van der Waals surface area contributed by atoms with Crippen LogP contribution in [0.2, 0.25) is 25.1 Å². The minimum Gasteiger partial charge on any atom is -0.329 e. The van der Waals surface area contributed by atoms with Crippen LogP contribution in [-0.2, 0) is 6.18 Å². The molecule has 1 aromatic carbocycles. The third kappa shape index (κ3) is 2.93. The first-order chi connectivity index (χ1) is 10.1. The van der Waals surface area contributed by atoms with Crippen LogP contribution in [0.3, 0.4) is 0 Å². The second kappa shape index (κ2) is 6.13. The summed E-state index contributed by atoms with van der Waals surface area (Å²) in [6, 6.07) is 0.998.